The molecule has 0 aromatic carbocycles. The normalized spacial score (nSPS) is 27.2. The molecular weight excluding hydrogens is 268 g/mol. The van der Waals surface area contributed by atoms with Gasteiger partial charge in [-0.2, -0.15) is 5.10 Å². The third-order valence-electron chi connectivity index (χ3n) is 4.62. The summed E-state index contributed by atoms with van der Waals surface area (Å²) in [7, 11) is 0. The topological polar surface area (TPSA) is 82.2 Å². The zero-order valence-corrected chi connectivity index (χ0v) is 13.3. The van der Waals surface area contributed by atoms with Gasteiger partial charge < -0.3 is 15.8 Å². The molecule has 2 rings (SSSR count). The summed E-state index contributed by atoms with van der Waals surface area (Å²) in [5.41, 5.74) is 6.22. The van der Waals surface area contributed by atoms with E-state index >= 15 is 0 Å². The van der Waals surface area contributed by atoms with E-state index in [0.29, 0.717) is 26.1 Å². The first-order valence-corrected chi connectivity index (χ1v) is 7.49. The lowest BCUT2D eigenvalue weighted by molar-refractivity contribution is -0.170. The lowest BCUT2D eigenvalue weighted by Crippen LogP contribution is -2.75. The maximum atomic E-state index is 12.4. The summed E-state index contributed by atoms with van der Waals surface area (Å²) in [5, 5.41) is 7.11. The van der Waals surface area contributed by atoms with Crippen LogP contribution in [0.2, 0.25) is 0 Å². The summed E-state index contributed by atoms with van der Waals surface area (Å²) in [5.74, 6) is -0.104. The second-order valence-electron chi connectivity index (χ2n) is 6.38. The number of carbonyl (C=O) groups excluding carboxylic acids is 1. The monoisotopic (exact) mass is 294 g/mol. The van der Waals surface area contributed by atoms with Gasteiger partial charge in [-0.15, -0.1) is 0 Å². The van der Waals surface area contributed by atoms with E-state index in [4.69, 9.17) is 10.5 Å². The maximum Gasteiger partial charge on any atom is 0.240 e. The summed E-state index contributed by atoms with van der Waals surface area (Å²) in [4.78, 5) is 12.4. The van der Waals surface area contributed by atoms with Crippen molar-refractivity contribution in [2.24, 2.45) is 11.1 Å². The molecule has 1 heterocycles. The minimum atomic E-state index is -0.854. The van der Waals surface area contributed by atoms with Crippen molar-refractivity contribution in [3.05, 3.63) is 18.0 Å². The number of aryl methyl sites for hydroxylation is 1. The number of ether oxygens (including phenoxy) is 1. The van der Waals surface area contributed by atoms with E-state index in [1.54, 1.807) is 6.20 Å². The highest BCUT2D eigenvalue weighted by Crippen LogP contribution is 2.49. The fraction of sp³-hybridized carbons (Fsp3) is 0.733. The van der Waals surface area contributed by atoms with Crippen LogP contribution in [0.25, 0.3) is 0 Å². The van der Waals surface area contributed by atoms with Crippen LogP contribution in [0.3, 0.4) is 0 Å². The van der Waals surface area contributed by atoms with Crippen molar-refractivity contribution in [3.8, 4) is 0 Å². The molecule has 1 aromatic rings. The first-order chi connectivity index (χ1) is 9.81. The molecular formula is C15H26N4O2. The predicted molar refractivity (Wildman–Crippen MR) is 80.7 cm³/mol. The highest BCUT2D eigenvalue weighted by atomic mass is 16.5. The number of hydrogen-bond acceptors (Lipinski definition) is 4. The molecule has 118 valence electrons. The van der Waals surface area contributed by atoms with Crippen LogP contribution in [0, 0.1) is 12.3 Å². The largest absolute Gasteiger partial charge is 0.378 e. The van der Waals surface area contributed by atoms with Crippen LogP contribution in [-0.2, 0) is 16.1 Å². The van der Waals surface area contributed by atoms with Gasteiger partial charge in [0.2, 0.25) is 5.91 Å². The minimum Gasteiger partial charge on any atom is -0.378 e. The summed E-state index contributed by atoms with van der Waals surface area (Å²) < 4.78 is 7.45. The summed E-state index contributed by atoms with van der Waals surface area (Å²) in [6.45, 7) is 9.74. The van der Waals surface area contributed by atoms with Crippen molar-refractivity contribution in [1.82, 2.24) is 15.1 Å². The molecule has 1 aliphatic rings. The number of hydrogen-bond donors (Lipinski definition) is 2. The number of amides is 1. The molecule has 1 saturated carbocycles. The van der Waals surface area contributed by atoms with Crippen molar-refractivity contribution in [1.29, 1.82) is 0 Å². The highest BCUT2D eigenvalue weighted by molar-refractivity contribution is 5.88. The van der Waals surface area contributed by atoms with Crippen LogP contribution >= 0.6 is 0 Å². The molecule has 2 atom stereocenters. The van der Waals surface area contributed by atoms with Gasteiger partial charge in [-0.25, -0.2) is 0 Å². The molecule has 0 radical (unpaired) electrons. The molecule has 3 N–H and O–H groups in total. The fourth-order valence-corrected chi connectivity index (χ4v) is 2.85. The smallest absolute Gasteiger partial charge is 0.240 e. The summed E-state index contributed by atoms with van der Waals surface area (Å²) >= 11 is 0. The molecule has 1 fully saturated rings. The van der Waals surface area contributed by atoms with E-state index in [2.05, 4.69) is 10.4 Å². The van der Waals surface area contributed by atoms with Crippen LogP contribution in [-0.4, -0.2) is 40.5 Å². The van der Waals surface area contributed by atoms with Crippen molar-refractivity contribution in [2.45, 2.75) is 52.3 Å². The molecule has 6 nitrogen and oxygen atoms in total. The minimum absolute atomic E-state index is 0.0482. The van der Waals surface area contributed by atoms with E-state index in [9.17, 15) is 4.79 Å². The maximum absolute atomic E-state index is 12.4. The van der Waals surface area contributed by atoms with E-state index < -0.39 is 5.54 Å². The molecule has 0 bridgehead atoms. The summed E-state index contributed by atoms with van der Waals surface area (Å²) in [6, 6.07) is 0. The third-order valence-corrected chi connectivity index (χ3v) is 4.62. The van der Waals surface area contributed by atoms with Crippen molar-refractivity contribution < 1.29 is 9.53 Å². The van der Waals surface area contributed by atoms with Crippen LogP contribution in [0.1, 0.15) is 32.8 Å². The Morgan fingerprint density at radius 2 is 2.33 bits per heavy atom. The molecule has 6 heteroatoms. The molecule has 0 aliphatic heterocycles. The van der Waals surface area contributed by atoms with Gasteiger partial charge in [-0.1, -0.05) is 13.8 Å². The van der Waals surface area contributed by atoms with Crippen LogP contribution in [0.5, 0.6) is 0 Å². The second-order valence-corrected chi connectivity index (χ2v) is 6.38. The summed E-state index contributed by atoms with van der Waals surface area (Å²) in [6.07, 6.45) is 4.36. The van der Waals surface area contributed by atoms with Crippen molar-refractivity contribution >= 4 is 5.91 Å². The second kappa shape index (κ2) is 5.77. The molecule has 0 saturated heterocycles. The van der Waals surface area contributed by atoms with Gasteiger partial charge in [0.1, 0.15) is 5.54 Å². The Kier molecular flexibility index (Phi) is 4.39. The van der Waals surface area contributed by atoms with Gasteiger partial charge in [0, 0.05) is 31.2 Å². The Morgan fingerprint density at radius 1 is 1.62 bits per heavy atom. The Morgan fingerprint density at radius 3 is 2.86 bits per heavy atom. The Labute approximate surface area is 126 Å². The fourth-order valence-electron chi connectivity index (χ4n) is 2.85. The van der Waals surface area contributed by atoms with Gasteiger partial charge in [-0.3, -0.25) is 9.48 Å². The van der Waals surface area contributed by atoms with Crippen LogP contribution < -0.4 is 11.1 Å². The quantitative estimate of drug-likeness (QED) is 0.814. The number of nitrogens with one attached hydrogen (secondary N) is 1. The Hall–Kier alpha value is -1.40. The van der Waals surface area contributed by atoms with Crippen molar-refractivity contribution in [2.75, 3.05) is 13.2 Å². The predicted octanol–water partition coefficient (Wildman–Crippen LogP) is 0.840. The number of rotatable bonds is 6. The average Bonchev–Trinajstić information content (AvgIpc) is 2.83. The van der Waals surface area contributed by atoms with Crippen LogP contribution in [0.15, 0.2) is 12.4 Å². The lowest BCUT2D eigenvalue weighted by Gasteiger charge is -2.57. The highest BCUT2D eigenvalue weighted by Gasteiger charge is 2.62. The molecule has 1 aromatic heterocycles. The van der Waals surface area contributed by atoms with Gasteiger partial charge in [-0.05, 0) is 19.4 Å². The van der Waals surface area contributed by atoms with Crippen molar-refractivity contribution in [3.63, 3.8) is 0 Å². The van der Waals surface area contributed by atoms with Crippen LogP contribution in [0.4, 0.5) is 0 Å². The van der Waals surface area contributed by atoms with E-state index in [1.807, 2.05) is 38.6 Å². The number of nitrogens with two attached hydrogens (primary N) is 1. The zero-order valence-electron chi connectivity index (χ0n) is 13.3. The first kappa shape index (κ1) is 16.0. The average molecular weight is 294 g/mol. The molecule has 2 unspecified atom stereocenters. The van der Waals surface area contributed by atoms with E-state index in [1.165, 1.54) is 0 Å². The zero-order chi connectivity index (χ0) is 15.7. The molecule has 1 aliphatic carbocycles. The number of nitrogens with zero attached hydrogens (tertiary/aromatic N) is 2. The Balaban J connectivity index is 1.86. The van der Waals surface area contributed by atoms with Gasteiger partial charge >= 0.3 is 0 Å². The van der Waals surface area contributed by atoms with Gasteiger partial charge in [0.25, 0.3) is 0 Å². The van der Waals surface area contributed by atoms with E-state index in [-0.39, 0.29) is 17.4 Å². The molecule has 0 spiro atoms. The third kappa shape index (κ3) is 2.82. The van der Waals surface area contributed by atoms with E-state index in [0.717, 1.165) is 5.56 Å². The first-order valence-electron chi connectivity index (χ1n) is 7.49. The Bertz CT molecular complexity index is 512. The molecule has 1 amide bonds. The van der Waals surface area contributed by atoms with Gasteiger partial charge in [0.05, 0.1) is 18.8 Å². The number of carbonyl (C=O) groups is 1. The SMILES string of the molecule is CCOC1CC(N)(C(=O)NCCn2cc(C)cn2)C1(C)C. The molecule has 21 heavy (non-hydrogen) atoms. The lowest BCUT2D eigenvalue weighted by atomic mass is 9.54. The standard InChI is InChI=1S/C15H26N4O2/c1-5-21-12-8-15(16,14(12,3)4)13(20)17-6-7-19-10-11(2)9-18-19/h9-10,12H,5-8,16H2,1-4H3,(H,17,20). The number of aromatic nitrogens is 2. The van der Waals surface area contributed by atoms with Gasteiger partial charge in [0.15, 0.2) is 0 Å².